The zero-order chi connectivity index (χ0) is 14.8. The first-order valence-corrected chi connectivity index (χ1v) is 7.77. The van der Waals surface area contributed by atoms with Gasteiger partial charge in [0.25, 0.3) is 0 Å². The van der Waals surface area contributed by atoms with Crippen LogP contribution in [-0.2, 0) is 6.42 Å². The van der Waals surface area contributed by atoms with Crippen molar-refractivity contribution in [2.75, 3.05) is 0 Å². The topological polar surface area (TPSA) is 17.1 Å². The molecule has 3 aromatic carbocycles. The average Bonchev–Trinajstić information content (AvgIpc) is 2.50. The fourth-order valence-corrected chi connectivity index (χ4v) is 3.01. The minimum absolute atomic E-state index is 0.0256. The molecule has 1 nitrogen and oxygen atoms in total. The molecule has 0 fully saturated rings. The fraction of sp³-hybridized carbons (Fsp3) is 0.0556. The highest BCUT2D eigenvalue weighted by Gasteiger charge is 2.13. The van der Waals surface area contributed by atoms with Crippen LogP contribution in [-0.4, -0.2) is 5.78 Å². The molecule has 3 rings (SSSR count). The number of hydrogen-bond donors (Lipinski definition) is 0. The Bertz CT molecular complexity index is 821. The Hall–Kier alpha value is -1.64. The van der Waals surface area contributed by atoms with Crippen LogP contribution in [0.3, 0.4) is 0 Å². The molecule has 0 radical (unpaired) electrons. The van der Waals surface area contributed by atoms with Crippen molar-refractivity contribution in [3.05, 3.63) is 81.3 Å². The van der Waals surface area contributed by atoms with E-state index >= 15 is 0 Å². The van der Waals surface area contributed by atoms with Gasteiger partial charge in [0.2, 0.25) is 0 Å². The molecule has 0 saturated carbocycles. The van der Waals surface area contributed by atoms with Gasteiger partial charge in [0.1, 0.15) is 0 Å². The smallest absolute Gasteiger partial charge is 0.168 e. The molecule has 104 valence electrons. The highest BCUT2D eigenvalue weighted by atomic mass is 79.9. The number of Topliss-reactive ketones (excluding diaryl/α,β-unsaturated/α-hetero) is 1. The van der Waals surface area contributed by atoms with Crippen molar-refractivity contribution >= 4 is 44.1 Å². The van der Waals surface area contributed by atoms with Crippen molar-refractivity contribution in [2.45, 2.75) is 6.42 Å². The van der Waals surface area contributed by atoms with E-state index in [0.29, 0.717) is 17.0 Å². The van der Waals surface area contributed by atoms with E-state index in [0.717, 1.165) is 20.8 Å². The molecular weight excluding hydrogens is 348 g/mol. The molecule has 0 spiro atoms. The largest absolute Gasteiger partial charge is 0.294 e. The van der Waals surface area contributed by atoms with Crippen molar-refractivity contribution in [1.82, 2.24) is 0 Å². The number of carbonyl (C=O) groups excluding carboxylic acids is 1. The number of carbonyl (C=O) groups is 1. The zero-order valence-electron chi connectivity index (χ0n) is 11.1. The second-order valence-electron chi connectivity index (χ2n) is 4.86. The third-order valence-corrected chi connectivity index (χ3v) is 4.28. The Labute approximate surface area is 136 Å². The summed E-state index contributed by atoms with van der Waals surface area (Å²) in [7, 11) is 0. The van der Waals surface area contributed by atoms with Crippen LogP contribution in [0.4, 0.5) is 0 Å². The standard InChI is InChI=1S/C18H12BrClO/c19-14-8-9-17(20)16(11-14)18(21)10-13-6-3-5-12-4-1-2-7-15(12)13/h1-9,11H,10H2. The first-order chi connectivity index (χ1) is 10.1. The van der Waals surface area contributed by atoms with E-state index in [1.165, 1.54) is 0 Å². The summed E-state index contributed by atoms with van der Waals surface area (Å²) in [6.07, 6.45) is 0.345. The highest BCUT2D eigenvalue weighted by Crippen LogP contribution is 2.25. The molecule has 0 bridgehead atoms. The zero-order valence-corrected chi connectivity index (χ0v) is 13.5. The van der Waals surface area contributed by atoms with E-state index in [-0.39, 0.29) is 5.78 Å². The lowest BCUT2D eigenvalue weighted by molar-refractivity contribution is 0.0993. The molecule has 3 heteroatoms. The van der Waals surface area contributed by atoms with Crippen LogP contribution in [0, 0.1) is 0 Å². The highest BCUT2D eigenvalue weighted by molar-refractivity contribution is 9.10. The predicted molar refractivity (Wildman–Crippen MR) is 91.1 cm³/mol. The van der Waals surface area contributed by atoms with Gasteiger partial charge in [-0.1, -0.05) is 70.0 Å². The summed E-state index contributed by atoms with van der Waals surface area (Å²) in [5.41, 5.74) is 1.58. The minimum atomic E-state index is 0.0256. The first kappa shape index (κ1) is 14.3. The maximum absolute atomic E-state index is 12.5. The molecule has 0 heterocycles. The second-order valence-corrected chi connectivity index (χ2v) is 6.19. The molecule has 0 aliphatic rings. The summed E-state index contributed by atoms with van der Waals surface area (Å²) in [6, 6.07) is 19.4. The Morgan fingerprint density at radius 2 is 1.76 bits per heavy atom. The number of rotatable bonds is 3. The quantitative estimate of drug-likeness (QED) is 0.550. The number of fused-ring (bicyclic) bond motifs is 1. The van der Waals surface area contributed by atoms with Crippen molar-refractivity contribution in [3.63, 3.8) is 0 Å². The molecule has 0 aliphatic carbocycles. The van der Waals surface area contributed by atoms with Crippen molar-refractivity contribution in [1.29, 1.82) is 0 Å². The van der Waals surface area contributed by atoms with Crippen molar-refractivity contribution < 1.29 is 4.79 Å². The summed E-state index contributed by atoms with van der Waals surface area (Å²) in [5, 5.41) is 2.74. The van der Waals surface area contributed by atoms with E-state index in [9.17, 15) is 4.79 Å². The Morgan fingerprint density at radius 1 is 1.00 bits per heavy atom. The van der Waals surface area contributed by atoms with Crippen LogP contribution in [0.25, 0.3) is 10.8 Å². The lowest BCUT2D eigenvalue weighted by atomic mass is 9.98. The number of benzene rings is 3. The van der Waals surface area contributed by atoms with Crippen LogP contribution in [0.15, 0.2) is 65.1 Å². The normalized spacial score (nSPS) is 10.8. The molecule has 0 N–H and O–H groups in total. The van der Waals surface area contributed by atoms with Gasteiger partial charge in [0.15, 0.2) is 5.78 Å². The van der Waals surface area contributed by atoms with Crippen molar-refractivity contribution in [2.24, 2.45) is 0 Å². The second kappa shape index (κ2) is 6.00. The third-order valence-electron chi connectivity index (χ3n) is 3.46. The van der Waals surface area contributed by atoms with Gasteiger partial charge < -0.3 is 0 Å². The van der Waals surface area contributed by atoms with Crippen molar-refractivity contribution in [3.8, 4) is 0 Å². The predicted octanol–water partition coefficient (Wildman–Crippen LogP) is 5.68. The molecule has 0 saturated heterocycles. The molecule has 0 aliphatic heterocycles. The fourth-order valence-electron chi connectivity index (χ4n) is 2.43. The molecular formula is C18H12BrClO. The van der Waals surface area contributed by atoms with E-state index in [2.05, 4.69) is 28.1 Å². The van der Waals surface area contributed by atoms with Crippen LogP contribution >= 0.6 is 27.5 Å². The molecule has 21 heavy (non-hydrogen) atoms. The molecule has 0 amide bonds. The van der Waals surface area contributed by atoms with Gasteiger partial charge in [-0.15, -0.1) is 0 Å². The summed E-state index contributed by atoms with van der Waals surface area (Å²) in [4.78, 5) is 12.5. The maximum atomic E-state index is 12.5. The molecule has 0 aromatic heterocycles. The first-order valence-electron chi connectivity index (χ1n) is 6.60. The van der Waals surface area contributed by atoms with E-state index in [1.807, 2.05) is 36.4 Å². The Morgan fingerprint density at radius 3 is 2.62 bits per heavy atom. The van der Waals surface area contributed by atoms with Crippen LogP contribution in [0.2, 0.25) is 5.02 Å². The summed E-state index contributed by atoms with van der Waals surface area (Å²) in [5.74, 6) is 0.0256. The SMILES string of the molecule is O=C(Cc1cccc2ccccc12)c1cc(Br)ccc1Cl. The monoisotopic (exact) mass is 358 g/mol. The lowest BCUT2D eigenvalue weighted by Gasteiger charge is -2.07. The third kappa shape index (κ3) is 3.02. The van der Waals surface area contributed by atoms with Gasteiger partial charge in [-0.3, -0.25) is 4.79 Å². The van der Waals surface area contributed by atoms with Crippen LogP contribution in [0.5, 0.6) is 0 Å². The minimum Gasteiger partial charge on any atom is -0.294 e. The van der Waals surface area contributed by atoms with E-state index in [1.54, 1.807) is 12.1 Å². The summed E-state index contributed by atoms with van der Waals surface area (Å²) >= 11 is 9.51. The van der Waals surface area contributed by atoms with E-state index in [4.69, 9.17) is 11.6 Å². The van der Waals surface area contributed by atoms with E-state index < -0.39 is 0 Å². The number of halogens is 2. The van der Waals surface area contributed by atoms with Gasteiger partial charge in [-0.25, -0.2) is 0 Å². The maximum Gasteiger partial charge on any atom is 0.168 e. The summed E-state index contributed by atoms with van der Waals surface area (Å²) < 4.78 is 0.855. The van der Waals surface area contributed by atoms with Gasteiger partial charge in [0, 0.05) is 16.5 Å². The molecule has 0 atom stereocenters. The lowest BCUT2D eigenvalue weighted by Crippen LogP contribution is -2.05. The summed E-state index contributed by atoms with van der Waals surface area (Å²) in [6.45, 7) is 0. The molecule has 3 aromatic rings. The Kier molecular flexibility index (Phi) is 4.09. The van der Waals surface area contributed by atoms with Gasteiger partial charge in [-0.05, 0) is 34.5 Å². The van der Waals surface area contributed by atoms with Crippen LogP contribution < -0.4 is 0 Å². The number of hydrogen-bond acceptors (Lipinski definition) is 1. The van der Waals surface area contributed by atoms with Gasteiger partial charge >= 0.3 is 0 Å². The van der Waals surface area contributed by atoms with Gasteiger partial charge in [0.05, 0.1) is 5.02 Å². The number of ketones is 1. The Balaban J connectivity index is 1.99. The van der Waals surface area contributed by atoms with Gasteiger partial charge in [-0.2, -0.15) is 0 Å². The average molecular weight is 360 g/mol. The van der Waals surface area contributed by atoms with Crippen LogP contribution in [0.1, 0.15) is 15.9 Å². The molecule has 0 unspecified atom stereocenters.